The first kappa shape index (κ1) is 11.7. The highest BCUT2D eigenvalue weighted by Crippen LogP contribution is 2.05. The van der Waals surface area contributed by atoms with Crippen LogP contribution in [-0.4, -0.2) is 24.6 Å². The van der Waals surface area contributed by atoms with Crippen molar-refractivity contribution in [3.8, 4) is 0 Å². The van der Waals surface area contributed by atoms with Crippen LogP contribution in [0, 0.1) is 0 Å². The first-order valence-electron chi connectivity index (χ1n) is 4.77. The molecule has 6 nitrogen and oxygen atoms in total. The molecule has 1 rings (SSSR count). The number of methoxy groups -OCH3 is 1. The number of nitrogens with zero attached hydrogens (tertiary/aromatic N) is 2. The van der Waals surface area contributed by atoms with Crippen LogP contribution < -0.4 is 11.3 Å². The second kappa shape index (κ2) is 6.15. The minimum absolute atomic E-state index is 0.388. The lowest BCUT2D eigenvalue weighted by Crippen LogP contribution is -2.31. The maximum Gasteiger partial charge on any atom is 0.165 e. The van der Waals surface area contributed by atoms with Crippen LogP contribution in [0.1, 0.15) is 24.8 Å². The Morgan fingerprint density at radius 2 is 2.53 bits per heavy atom. The predicted molar refractivity (Wildman–Crippen MR) is 56.2 cm³/mol. The molecule has 0 aliphatic heterocycles. The van der Waals surface area contributed by atoms with Crippen molar-refractivity contribution in [1.82, 2.24) is 10.6 Å². The van der Waals surface area contributed by atoms with E-state index in [1.165, 1.54) is 0 Å². The molecule has 0 spiro atoms. The number of hydrogen-bond donors (Lipinski definition) is 2. The summed E-state index contributed by atoms with van der Waals surface area (Å²) in [6, 6.07) is 1.75. The van der Waals surface area contributed by atoms with Gasteiger partial charge in [-0.15, -0.1) is 0 Å². The minimum atomic E-state index is 0.388. The third-order valence-electron chi connectivity index (χ3n) is 1.72. The predicted octanol–water partition coefficient (Wildman–Crippen LogP) is 0.441. The number of aromatic nitrogens is 1. The number of amidine groups is 1. The van der Waals surface area contributed by atoms with Gasteiger partial charge in [0.15, 0.2) is 11.6 Å². The van der Waals surface area contributed by atoms with Crippen LogP contribution in [0.2, 0.25) is 0 Å². The van der Waals surface area contributed by atoms with Gasteiger partial charge in [-0.05, 0) is 6.42 Å². The molecule has 0 radical (unpaired) electrons. The molecule has 0 saturated heterocycles. The lowest BCUT2D eigenvalue weighted by atomic mass is 10.3. The van der Waals surface area contributed by atoms with Crippen molar-refractivity contribution in [3.05, 3.63) is 17.5 Å². The number of hydrogen-bond acceptors (Lipinski definition) is 5. The number of nitrogens with two attached hydrogens (primary N) is 1. The van der Waals surface area contributed by atoms with Crippen LogP contribution in [0.15, 0.2) is 15.6 Å². The molecule has 0 fully saturated rings. The Morgan fingerprint density at radius 3 is 3.13 bits per heavy atom. The van der Waals surface area contributed by atoms with E-state index in [0.717, 1.165) is 6.42 Å². The van der Waals surface area contributed by atoms with Crippen LogP contribution in [0.5, 0.6) is 0 Å². The van der Waals surface area contributed by atoms with E-state index in [1.54, 1.807) is 13.2 Å². The Hall–Kier alpha value is -1.40. The summed E-state index contributed by atoms with van der Waals surface area (Å²) in [5, 5.41) is 3.83. The Labute approximate surface area is 88.5 Å². The minimum Gasteiger partial charge on any atom is -0.377 e. The SMILES string of the molecule is CCCN=C(NN)c1cc(COC)on1. The molecule has 0 saturated carbocycles. The standard InChI is InChI=1S/C9H16N4O2/c1-3-4-11-9(12-10)8-5-7(6-14-2)15-13-8/h5H,3-4,6,10H2,1-2H3,(H,11,12). The number of ether oxygens (including phenoxy) is 1. The molecule has 0 unspecified atom stereocenters. The maximum atomic E-state index is 5.34. The van der Waals surface area contributed by atoms with Crippen LogP contribution in [-0.2, 0) is 11.3 Å². The molecule has 6 heteroatoms. The van der Waals surface area contributed by atoms with E-state index in [9.17, 15) is 0 Å². The summed E-state index contributed by atoms with van der Waals surface area (Å²) in [6.07, 6.45) is 0.952. The zero-order chi connectivity index (χ0) is 11.1. The van der Waals surface area contributed by atoms with Crippen LogP contribution >= 0.6 is 0 Å². The van der Waals surface area contributed by atoms with Crippen LogP contribution in [0.4, 0.5) is 0 Å². The Bertz CT molecular complexity index is 322. The normalized spacial score (nSPS) is 11.8. The summed E-state index contributed by atoms with van der Waals surface area (Å²) in [5.41, 5.74) is 3.09. The molecule has 0 amide bonds. The van der Waals surface area contributed by atoms with Gasteiger partial charge in [-0.1, -0.05) is 12.1 Å². The molecule has 0 aliphatic carbocycles. The van der Waals surface area contributed by atoms with Crippen molar-refractivity contribution in [3.63, 3.8) is 0 Å². The Balaban J connectivity index is 2.73. The van der Waals surface area contributed by atoms with Gasteiger partial charge in [-0.3, -0.25) is 4.99 Å². The van der Waals surface area contributed by atoms with E-state index >= 15 is 0 Å². The molecule has 0 atom stereocenters. The number of hydrazine groups is 1. The molecule has 1 aromatic heterocycles. The summed E-state index contributed by atoms with van der Waals surface area (Å²) < 4.78 is 9.93. The summed E-state index contributed by atoms with van der Waals surface area (Å²) >= 11 is 0. The molecule has 3 N–H and O–H groups in total. The zero-order valence-electron chi connectivity index (χ0n) is 8.99. The first-order chi connectivity index (χ1) is 7.31. The van der Waals surface area contributed by atoms with Gasteiger partial charge < -0.3 is 14.7 Å². The van der Waals surface area contributed by atoms with Crippen molar-refractivity contribution in [2.45, 2.75) is 20.0 Å². The van der Waals surface area contributed by atoms with Gasteiger partial charge in [0, 0.05) is 19.7 Å². The Morgan fingerprint density at radius 1 is 1.73 bits per heavy atom. The second-order valence-electron chi connectivity index (χ2n) is 2.99. The summed E-state index contributed by atoms with van der Waals surface area (Å²) in [4.78, 5) is 4.22. The maximum absolute atomic E-state index is 5.34. The monoisotopic (exact) mass is 212 g/mol. The van der Waals surface area contributed by atoms with Crippen LogP contribution in [0.25, 0.3) is 0 Å². The topological polar surface area (TPSA) is 85.7 Å². The highest BCUT2D eigenvalue weighted by Gasteiger charge is 2.08. The van der Waals surface area contributed by atoms with Gasteiger partial charge in [0.2, 0.25) is 0 Å². The van der Waals surface area contributed by atoms with E-state index in [4.69, 9.17) is 15.1 Å². The van der Waals surface area contributed by atoms with E-state index in [2.05, 4.69) is 15.6 Å². The third-order valence-corrected chi connectivity index (χ3v) is 1.72. The number of aliphatic imine (C=N–C) groups is 1. The molecule has 0 bridgehead atoms. The van der Waals surface area contributed by atoms with Crippen molar-refractivity contribution >= 4 is 5.84 Å². The highest BCUT2D eigenvalue weighted by atomic mass is 16.5. The molecule has 1 heterocycles. The second-order valence-corrected chi connectivity index (χ2v) is 2.99. The smallest absolute Gasteiger partial charge is 0.165 e. The molecule has 0 aliphatic rings. The summed E-state index contributed by atoms with van der Waals surface area (Å²) in [5.74, 6) is 6.51. The Kier molecular flexibility index (Phi) is 4.79. The van der Waals surface area contributed by atoms with Crippen molar-refractivity contribution in [2.24, 2.45) is 10.8 Å². The molecular weight excluding hydrogens is 196 g/mol. The zero-order valence-corrected chi connectivity index (χ0v) is 8.99. The van der Waals surface area contributed by atoms with Gasteiger partial charge in [0.05, 0.1) is 0 Å². The highest BCUT2D eigenvalue weighted by molar-refractivity contribution is 5.96. The van der Waals surface area contributed by atoms with E-state index < -0.39 is 0 Å². The molecule has 0 aromatic carbocycles. The van der Waals surface area contributed by atoms with E-state index in [1.807, 2.05) is 6.92 Å². The fourth-order valence-corrected chi connectivity index (χ4v) is 1.06. The third kappa shape index (κ3) is 3.34. The summed E-state index contributed by atoms with van der Waals surface area (Å²) in [7, 11) is 1.59. The van der Waals surface area contributed by atoms with Gasteiger partial charge in [-0.25, -0.2) is 5.84 Å². The van der Waals surface area contributed by atoms with Crippen molar-refractivity contribution < 1.29 is 9.26 Å². The average Bonchev–Trinajstić information content (AvgIpc) is 2.68. The van der Waals surface area contributed by atoms with Gasteiger partial charge in [0.1, 0.15) is 12.3 Å². The fourth-order valence-electron chi connectivity index (χ4n) is 1.06. The molecular formula is C9H16N4O2. The quantitative estimate of drug-likeness (QED) is 0.320. The van der Waals surface area contributed by atoms with E-state index in [0.29, 0.717) is 30.4 Å². The molecule has 15 heavy (non-hydrogen) atoms. The van der Waals surface area contributed by atoms with Crippen molar-refractivity contribution in [1.29, 1.82) is 0 Å². The largest absolute Gasteiger partial charge is 0.377 e. The lowest BCUT2D eigenvalue weighted by Gasteiger charge is -1.99. The number of nitrogens with one attached hydrogen (secondary N) is 1. The average molecular weight is 212 g/mol. The number of rotatable bonds is 5. The van der Waals surface area contributed by atoms with Gasteiger partial charge in [0.25, 0.3) is 0 Å². The van der Waals surface area contributed by atoms with Crippen molar-refractivity contribution in [2.75, 3.05) is 13.7 Å². The van der Waals surface area contributed by atoms with Gasteiger partial charge in [-0.2, -0.15) is 0 Å². The van der Waals surface area contributed by atoms with Gasteiger partial charge >= 0.3 is 0 Å². The molecule has 1 aromatic rings. The first-order valence-corrected chi connectivity index (χ1v) is 4.77. The fraction of sp³-hybridized carbons (Fsp3) is 0.556. The van der Waals surface area contributed by atoms with E-state index in [-0.39, 0.29) is 0 Å². The van der Waals surface area contributed by atoms with Crippen LogP contribution in [0.3, 0.4) is 0 Å². The summed E-state index contributed by atoms with van der Waals surface area (Å²) in [6.45, 7) is 3.13. The lowest BCUT2D eigenvalue weighted by molar-refractivity contribution is 0.156. The molecule has 84 valence electrons.